The Morgan fingerprint density at radius 2 is 1.63 bits per heavy atom. The highest BCUT2D eigenvalue weighted by Crippen LogP contribution is 2.29. The molecule has 1 amide bonds. The van der Waals surface area contributed by atoms with E-state index in [1.165, 1.54) is 30.3 Å². The summed E-state index contributed by atoms with van der Waals surface area (Å²) >= 11 is 5.92. The fourth-order valence-corrected chi connectivity index (χ4v) is 4.78. The first-order chi connectivity index (χ1) is 21.9. The number of hydrogen-bond donors (Lipinski definition) is 2. The van der Waals surface area contributed by atoms with E-state index in [1.807, 2.05) is 0 Å². The lowest BCUT2D eigenvalue weighted by Gasteiger charge is -2.35. The number of amides is 1. The number of aromatic nitrogens is 4. The van der Waals surface area contributed by atoms with E-state index in [2.05, 4.69) is 25.3 Å². The molecule has 0 radical (unpaired) electrons. The van der Waals surface area contributed by atoms with Crippen molar-refractivity contribution >= 4 is 40.9 Å². The summed E-state index contributed by atoms with van der Waals surface area (Å²) in [4.78, 5) is 55.9. The highest BCUT2D eigenvalue weighted by molar-refractivity contribution is 6.30. The zero-order chi connectivity index (χ0) is 33.0. The van der Waals surface area contributed by atoms with Crippen molar-refractivity contribution in [1.29, 1.82) is 0 Å². The number of carboxylic acid groups (broad SMARTS) is 1. The molecule has 1 aliphatic heterocycles. The number of carboxylic acids is 1. The van der Waals surface area contributed by atoms with Crippen molar-refractivity contribution in [2.75, 3.05) is 36.0 Å². The topological polar surface area (TPSA) is 168 Å². The maximum atomic E-state index is 13.4. The van der Waals surface area contributed by atoms with Crippen LogP contribution in [0.5, 0.6) is 0 Å². The third kappa shape index (κ3) is 7.63. The highest BCUT2D eigenvalue weighted by Gasteiger charge is 2.34. The first-order valence-corrected chi connectivity index (χ1v) is 14.1. The minimum absolute atomic E-state index is 0.0367. The first-order valence-electron chi connectivity index (χ1n) is 13.7. The van der Waals surface area contributed by atoms with Crippen molar-refractivity contribution in [3.8, 4) is 11.4 Å². The van der Waals surface area contributed by atoms with Crippen molar-refractivity contribution in [2.45, 2.75) is 18.6 Å². The normalized spacial score (nSPS) is 14.1. The Kier molecular flexibility index (Phi) is 9.27. The number of non-ortho nitro benzene ring substituents is 1. The van der Waals surface area contributed by atoms with Gasteiger partial charge in [0.15, 0.2) is 5.82 Å². The Bertz CT molecular complexity index is 1750. The van der Waals surface area contributed by atoms with Crippen LogP contribution >= 0.6 is 11.6 Å². The van der Waals surface area contributed by atoms with Crippen molar-refractivity contribution in [2.24, 2.45) is 0 Å². The molecule has 0 aliphatic carbocycles. The molecule has 2 aromatic heterocycles. The molecule has 0 spiro atoms. The summed E-state index contributed by atoms with van der Waals surface area (Å²) in [7, 11) is 0. The van der Waals surface area contributed by atoms with E-state index in [4.69, 9.17) is 11.6 Å². The third-order valence-corrected chi connectivity index (χ3v) is 7.31. The average Bonchev–Trinajstić information content (AvgIpc) is 3.05. The van der Waals surface area contributed by atoms with Crippen LogP contribution in [0.1, 0.15) is 21.7 Å². The molecule has 1 unspecified atom stereocenters. The molecule has 13 nitrogen and oxygen atoms in total. The molecule has 2 aromatic carbocycles. The molecule has 5 rings (SSSR count). The predicted octanol–water partition coefficient (Wildman–Crippen LogP) is 4.27. The van der Waals surface area contributed by atoms with E-state index in [1.54, 1.807) is 34.1 Å². The predicted molar refractivity (Wildman–Crippen MR) is 160 cm³/mol. The second-order valence-corrected chi connectivity index (χ2v) is 10.6. The smallest absolute Gasteiger partial charge is 0.433 e. The number of nitrogens with one attached hydrogen (secondary N) is 1. The molecule has 46 heavy (non-hydrogen) atoms. The number of nitrogens with zero attached hydrogens (tertiary/aromatic N) is 7. The average molecular weight is 657 g/mol. The van der Waals surface area contributed by atoms with Gasteiger partial charge in [0.05, 0.1) is 4.92 Å². The van der Waals surface area contributed by atoms with Gasteiger partial charge in [-0.3, -0.25) is 14.9 Å². The van der Waals surface area contributed by atoms with Crippen LogP contribution in [-0.2, 0) is 17.4 Å². The number of nitro groups is 1. The summed E-state index contributed by atoms with van der Waals surface area (Å²) in [6, 6.07) is 12.7. The number of aliphatic carboxylic acids is 1. The zero-order valence-electron chi connectivity index (χ0n) is 23.7. The Balaban J connectivity index is 1.41. The van der Waals surface area contributed by atoms with Crippen LogP contribution in [0, 0.1) is 10.1 Å². The largest absolute Gasteiger partial charge is 0.480 e. The molecule has 0 saturated carbocycles. The fraction of sp³-hybridized carbons (Fsp3) is 0.241. The number of carbonyl (C=O) groups excluding carboxylic acids is 1. The van der Waals surface area contributed by atoms with Gasteiger partial charge in [0.2, 0.25) is 5.95 Å². The molecule has 1 fully saturated rings. The van der Waals surface area contributed by atoms with Gasteiger partial charge in [-0.25, -0.2) is 24.7 Å². The summed E-state index contributed by atoms with van der Waals surface area (Å²) in [5.74, 6) is -1.83. The van der Waals surface area contributed by atoms with Gasteiger partial charge in [-0.1, -0.05) is 23.7 Å². The summed E-state index contributed by atoms with van der Waals surface area (Å²) in [5, 5.41) is 23.9. The number of anilines is 2. The molecular formula is C29H24ClF3N8O5. The maximum Gasteiger partial charge on any atom is 0.433 e. The zero-order valence-corrected chi connectivity index (χ0v) is 24.4. The van der Waals surface area contributed by atoms with E-state index in [0.29, 0.717) is 16.1 Å². The van der Waals surface area contributed by atoms with E-state index >= 15 is 0 Å². The van der Waals surface area contributed by atoms with Crippen molar-refractivity contribution in [1.82, 2.24) is 25.3 Å². The van der Waals surface area contributed by atoms with Gasteiger partial charge < -0.3 is 20.2 Å². The summed E-state index contributed by atoms with van der Waals surface area (Å²) < 4.78 is 39.5. The van der Waals surface area contributed by atoms with E-state index in [9.17, 15) is 38.0 Å². The quantitative estimate of drug-likeness (QED) is 0.195. The Hall–Kier alpha value is -5.38. The molecule has 1 atom stereocenters. The van der Waals surface area contributed by atoms with E-state index < -0.39 is 34.7 Å². The van der Waals surface area contributed by atoms with Crippen LogP contribution in [0.25, 0.3) is 11.4 Å². The number of halogens is 4. The monoisotopic (exact) mass is 656 g/mol. The highest BCUT2D eigenvalue weighted by atomic mass is 35.5. The van der Waals surface area contributed by atoms with Crippen molar-refractivity contribution < 1.29 is 32.8 Å². The number of nitro benzene ring substituents is 1. The lowest BCUT2D eigenvalue weighted by atomic mass is 10.1. The lowest BCUT2D eigenvalue weighted by Crippen LogP contribution is -2.47. The molecule has 17 heteroatoms. The molecule has 4 aromatic rings. The number of hydrogen-bond acceptors (Lipinski definition) is 10. The number of piperazine rings is 1. The van der Waals surface area contributed by atoms with Gasteiger partial charge in [0, 0.05) is 67.6 Å². The van der Waals surface area contributed by atoms with Gasteiger partial charge in [-0.2, -0.15) is 13.2 Å². The summed E-state index contributed by atoms with van der Waals surface area (Å²) in [6.07, 6.45) is -3.62. The minimum Gasteiger partial charge on any atom is -0.480 e. The first kappa shape index (κ1) is 32.0. The van der Waals surface area contributed by atoms with E-state index in [0.717, 1.165) is 12.3 Å². The number of benzene rings is 2. The van der Waals surface area contributed by atoms with Crippen LogP contribution in [0.15, 0.2) is 66.9 Å². The van der Waals surface area contributed by atoms with Crippen molar-refractivity contribution in [3.63, 3.8) is 0 Å². The second-order valence-electron chi connectivity index (χ2n) is 10.1. The van der Waals surface area contributed by atoms with Gasteiger partial charge in [0.25, 0.3) is 11.6 Å². The standard InChI is InChI=1S/C29H24ClF3N8O5/c30-19-5-1-17(2-6-19)15-22(27(43)44)36-26(42)21-16-24(38-25(35-21)18-3-7-20(8-4-18)41(45)46)39-11-13-40(14-12-39)28-34-10-9-23(37-28)29(31,32)33/h1-10,16,22H,11-15H2,(H,36,42)(H,43,44). The Morgan fingerprint density at radius 1 is 0.978 bits per heavy atom. The number of carbonyl (C=O) groups is 2. The second kappa shape index (κ2) is 13.3. The molecule has 2 N–H and O–H groups in total. The molecule has 238 valence electrons. The molecular weight excluding hydrogens is 633 g/mol. The Labute approximate surface area is 263 Å². The Morgan fingerprint density at radius 3 is 2.24 bits per heavy atom. The van der Waals surface area contributed by atoms with Crippen molar-refractivity contribution in [3.05, 3.63) is 98.9 Å². The van der Waals surface area contributed by atoms with Gasteiger partial charge in [-0.05, 0) is 35.9 Å². The van der Waals surface area contributed by atoms with Gasteiger partial charge in [-0.15, -0.1) is 0 Å². The summed E-state index contributed by atoms with van der Waals surface area (Å²) in [6.45, 7) is 0.959. The molecule has 0 bridgehead atoms. The van der Waals surface area contributed by atoms with Gasteiger partial charge >= 0.3 is 12.1 Å². The van der Waals surface area contributed by atoms with Crippen LogP contribution in [0.4, 0.5) is 30.6 Å². The van der Waals surface area contributed by atoms with Crippen LogP contribution < -0.4 is 15.1 Å². The van der Waals surface area contributed by atoms with Crippen LogP contribution in [0.2, 0.25) is 5.02 Å². The minimum atomic E-state index is -4.62. The number of rotatable bonds is 9. The molecule has 1 saturated heterocycles. The molecule has 1 aliphatic rings. The van der Waals surface area contributed by atoms with Crippen LogP contribution in [0.3, 0.4) is 0 Å². The summed E-state index contributed by atoms with van der Waals surface area (Å²) in [5.41, 5.74) is -0.417. The fourth-order valence-electron chi connectivity index (χ4n) is 4.66. The van der Waals surface area contributed by atoms with Gasteiger partial charge in [0.1, 0.15) is 23.2 Å². The SMILES string of the molecule is O=C(NC(Cc1ccc(Cl)cc1)C(=O)O)c1cc(N2CCN(c3nccc(C(F)(F)F)n3)CC2)nc(-c2ccc([N+](=O)[O-])cc2)n1. The lowest BCUT2D eigenvalue weighted by molar-refractivity contribution is -0.384. The van der Waals surface area contributed by atoms with E-state index in [-0.39, 0.29) is 61.6 Å². The number of alkyl halides is 3. The van der Waals surface area contributed by atoms with Crippen LogP contribution in [-0.4, -0.2) is 74.1 Å². The maximum absolute atomic E-state index is 13.4. The molecule has 3 heterocycles. The third-order valence-electron chi connectivity index (χ3n) is 7.06.